The highest BCUT2D eigenvalue weighted by molar-refractivity contribution is 6.03. The van der Waals surface area contributed by atoms with Crippen molar-refractivity contribution in [3.05, 3.63) is 102 Å². The number of para-hydroxylation sites is 1. The molecule has 0 unspecified atom stereocenters. The van der Waals surface area contributed by atoms with Crippen molar-refractivity contribution in [2.75, 3.05) is 23.5 Å². The summed E-state index contributed by atoms with van der Waals surface area (Å²) in [4.78, 5) is 18.2. The van der Waals surface area contributed by atoms with Gasteiger partial charge in [0.1, 0.15) is 5.75 Å². The lowest BCUT2D eigenvalue weighted by molar-refractivity contribution is -0.128. The van der Waals surface area contributed by atoms with Gasteiger partial charge in [-0.1, -0.05) is 54.6 Å². The number of amides is 1. The van der Waals surface area contributed by atoms with Crippen molar-refractivity contribution < 1.29 is 14.3 Å². The van der Waals surface area contributed by atoms with Crippen molar-refractivity contribution in [3.63, 3.8) is 0 Å². The summed E-state index contributed by atoms with van der Waals surface area (Å²) in [7, 11) is 1.67. The number of benzene rings is 3. The number of carbonyl (C=O) groups is 1. The smallest absolute Gasteiger partial charge is 0.259 e. The minimum Gasteiger partial charge on any atom is -0.497 e. The fourth-order valence-electron chi connectivity index (χ4n) is 5.46. The largest absolute Gasteiger partial charge is 0.497 e. The summed E-state index contributed by atoms with van der Waals surface area (Å²) in [6.07, 6.45) is 2.62. The maximum absolute atomic E-state index is 13.9. The first-order valence-corrected chi connectivity index (χ1v) is 11.4. The van der Waals surface area contributed by atoms with Crippen LogP contribution < -0.4 is 14.5 Å². The minimum atomic E-state index is -0.549. The molecule has 0 aliphatic carbocycles. The summed E-state index contributed by atoms with van der Waals surface area (Å²) in [6.45, 7) is 1.16. The van der Waals surface area contributed by atoms with Crippen LogP contribution in [0.15, 0.2) is 90.5 Å². The molecule has 0 bridgehead atoms. The monoisotopic (exact) mass is 438 g/mol. The van der Waals surface area contributed by atoms with E-state index in [9.17, 15) is 4.79 Å². The van der Waals surface area contributed by atoms with Crippen LogP contribution in [0.5, 0.6) is 5.75 Å². The number of fused-ring (bicyclic) bond motifs is 2. The second kappa shape index (κ2) is 8.09. The average Bonchev–Trinajstić information content (AvgIpc) is 3.17. The van der Waals surface area contributed by atoms with Crippen molar-refractivity contribution >= 4 is 17.3 Å². The number of nitrogens with zero attached hydrogens (tertiary/aromatic N) is 2. The third-order valence-electron chi connectivity index (χ3n) is 7.00. The zero-order valence-electron chi connectivity index (χ0n) is 18.6. The van der Waals surface area contributed by atoms with Gasteiger partial charge in [0.25, 0.3) is 5.91 Å². The zero-order chi connectivity index (χ0) is 22.4. The summed E-state index contributed by atoms with van der Waals surface area (Å²) in [5, 5.41) is 0. The van der Waals surface area contributed by atoms with Crippen molar-refractivity contribution in [1.82, 2.24) is 0 Å². The Hall–Kier alpha value is -3.57. The summed E-state index contributed by atoms with van der Waals surface area (Å²) in [5.41, 5.74) is 5.66. The van der Waals surface area contributed by atoms with E-state index in [0.717, 1.165) is 35.7 Å². The molecular formula is C28H26N2O3. The van der Waals surface area contributed by atoms with Gasteiger partial charge >= 0.3 is 0 Å². The molecule has 3 atom stereocenters. The number of carbonyl (C=O) groups excluding carboxylic acids is 1. The molecule has 0 N–H and O–H groups in total. The number of rotatable bonds is 5. The Kier molecular flexibility index (Phi) is 4.92. The van der Waals surface area contributed by atoms with E-state index in [2.05, 4.69) is 35.2 Å². The molecule has 0 radical (unpaired) electrons. The molecular weight excluding hydrogens is 412 g/mol. The molecule has 5 nitrogen and oxygen atoms in total. The van der Waals surface area contributed by atoms with Gasteiger partial charge in [-0.25, -0.2) is 0 Å². The van der Waals surface area contributed by atoms with Crippen molar-refractivity contribution in [3.8, 4) is 5.75 Å². The lowest BCUT2D eigenvalue weighted by Gasteiger charge is -2.44. The zero-order valence-corrected chi connectivity index (χ0v) is 18.6. The molecule has 0 aromatic heterocycles. The van der Waals surface area contributed by atoms with Gasteiger partial charge in [0.15, 0.2) is 6.10 Å². The van der Waals surface area contributed by atoms with Gasteiger partial charge in [0, 0.05) is 17.9 Å². The van der Waals surface area contributed by atoms with Crippen LogP contribution in [0.2, 0.25) is 0 Å². The average molecular weight is 439 g/mol. The molecule has 1 fully saturated rings. The summed E-state index contributed by atoms with van der Waals surface area (Å²) >= 11 is 0. The van der Waals surface area contributed by atoms with E-state index in [4.69, 9.17) is 9.47 Å². The van der Waals surface area contributed by atoms with Gasteiger partial charge in [-0.15, -0.1) is 0 Å². The van der Waals surface area contributed by atoms with Crippen molar-refractivity contribution in [1.29, 1.82) is 0 Å². The molecule has 1 saturated heterocycles. The molecule has 5 heteroatoms. The second-order valence-electron chi connectivity index (χ2n) is 8.80. The molecule has 3 aromatic carbocycles. The first kappa shape index (κ1) is 20.1. The molecule has 33 heavy (non-hydrogen) atoms. The predicted molar refractivity (Wildman–Crippen MR) is 129 cm³/mol. The van der Waals surface area contributed by atoms with Crippen LogP contribution in [0.1, 0.15) is 11.1 Å². The number of ether oxygens (including phenoxy) is 2. The fraction of sp³-hybridized carbons (Fsp3) is 0.250. The van der Waals surface area contributed by atoms with Gasteiger partial charge < -0.3 is 19.3 Å². The lowest BCUT2D eigenvalue weighted by atomic mass is 9.85. The Morgan fingerprint density at radius 2 is 1.70 bits per heavy atom. The van der Waals surface area contributed by atoms with Crippen LogP contribution in [0.4, 0.5) is 11.4 Å². The number of hydrogen-bond donors (Lipinski definition) is 0. The minimum absolute atomic E-state index is 0.0241. The molecule has 3 heterocycles. The molecule has 3 aromatic rings. The lowest BCUT2D eigenvalue weighted by Crippen LogP contribution is -2.54. The number of anilines is 2. The van der Waals surface area contributed by atoms with Gasteiger partial charge in [-0.2, -0.15) is 0 Å². The highest BCUT2D eigenvalue weighted by Gasteiger charge is 2.56. The van der Waals surface area contributed by atoms with Crippen LogP contribution >= 0.6 is 0 Å². The Morgan fingerprint density at radius 3 is 2.48 bits per heavy atom. The maximum atomic E-state index is 13.9. The predicted octanol–water partition coefficient (Wildman–Crippen LogP) is 4.37. The summed E-state index contributed by atoms with van der Waals surface area (Å²) < 4.78 is 11.8. The maximum Gasteiger partial charge on any atom is 0.259 e. The first-order chi connectivity index (χ1) is 16.2. The Balaban J connectivity index is 1.41. The van der Waals surface area contributed by atoms with E-state index in [1.807, 2.05) is 59.5 Å². The molecule has 0 spiro atoms. The Morgan fingerprint density at radius 1 is 0.939 bits per heavy atom. The highest BCUT2D eigenvalue weighted by Crippen LogP contribution is 2.45. The van der Waals surface area contributed by atoms with Crippen LogP contribution in [-0.4, -0.2) is 37.7 Å². The molecule has 166 valence electrons. The van der Waals surface area contributed by atoms with E-state index < -0.39 is 6.10 Å². The SMILES string of the molecule is COc1ccc(N2CC=C3Cc4ccccc4N4C(=O)[C@H](OCc5ccccc5)[C@H]2[C@@H]34)cc1. The first-order valence-electron chi connectivity index (χ1n) is 11.4. The Labute approximate surface area is 193 Å². The van der Waals surface area contributed by atoms with Crippen LogP contribution in [0, 0.1) is 0 Å². The number of methoxy groups -OCH3 is 1. The van der Waals surface area contributed by atoms with E-state index in [1.165, 1.54) is 11.1 Å². The van der Waals surface area contributed by atoms with Crippen molar-refractivity contribution in [2.24, 2.45) is 0 Å². The van der Waals surface area contributed by atoms with E-state index >= 15 is 0 Å². The topological polar surface area (TPSA) is 42.0 Å². The van der Waals surface area contributed by atoms with E-state index in [-0.39, 0.29) is 18.0 Å². The molecule has 6 rings (SSSR count). The normalized spacial score (nSPS) is 23.1. The quantitative estimate of drug-likeness (QED) is 0.555. The number of hydrogen-bond acceptors (Lipinski definition) is 4. The fourth-order valence-corrected chi connectivity index (χ4v) is 5.46. The van der Waals surface area contributed by atoms with Crippen LogP contribution in [0.3, 0.4) is 0 Å². The summed E-state index contributed by atoms with van der Waals surface area (Å²) in [6, 6.07) is 26.3. The van der Waals surface area contributed by atoms with Gasteiger partial charge in [0.2, 0.25) is 0 Å². The van der Waals surface area contributed by atoms with E-state index in [1.54, 1.807) is 7.11 Å². The molecule has 1 amide bonds. The second-order valence-corrected chi connectivity index (χ2v) is 8.80. The van der Waals surface area contributed by atoms with Gasteiger partial charge in [0.05, 0.1) is 25.8 Å². The molecule has 0 saturated carbocycles. The van der Waals surface area contributed by atoms with Crippen molar-refractivity contribution in [2.45, 2.75) is 31.2 Å². The molecule has 3 aliphatic rings. The van der Waals surface area contributed by atoms with Crippen LogP contribution in [-0.2, 0) is 22.6 Å². The van der Waals surface area contributed by atoms with E-state index in [0.29, 0.717) is 6.61 Å². The van der Waals surface area contributed by atoms with Crippen LogP contribution in [0.25, 0.3) is 0 Å². The third-order valence-corrected chi connectivity index (χ3v) is 7.00. The van der Waals surface area contributed by atoms with Gasteiger partial charge in [-0.05, 0) is 53.5 Å². The molecule has 3 aliphatic heterocycles. The van der Waals surface area contributed by atoms with Gasteiger partial charge in [-0.3, -0.25) is 4.79 Å². The summed E-state index contributed by atoms with van der Waals surface area (Å²) in [5.74, 6) is 0.860. The standard InChI is InChI=1S/C28H26N2O3/c1-32-23-13-11-22(12-14-23)29-16-15-21-17-20-9-5-6-10-24(20)30-25(21)26(29)27(28(30)31)33-18-19-7-3-2-4-8-19/h2-15,25-27H,16-18H2,1H3/t25-,26-,27-/m1/s1. The third kappa shape index (κ3) is 3.31. The highest BCUT2D eigenvalue weighted by atomic mass is 16.5. The Bertz CT molecular complexity index is 1210.